The fraction of sp³-hybridized carbons (Fsp3) is 0.429. The summed E-state index contributed by atoms with van der Waals surface area (Å²) in [6.07, 6.45) is 1.29. The molecule has 2 amide bonds. The molecule has 0 bridgehead atoms. The van der Waals surface area contributed by atoms with Crippen molar-refractivity contribution < 1.29 is 14.3 Å². The highest BCUT2D eigenvalue weighted by molar-refractivity contribution is 5.99. The van der Waals surface area contributed by atoms with Crippen LogP contribution in [0, 0.1) is 0 Å². The summed E-state index contributed by atoms with van der Waals surface area (Å²) in [5, 5.41) is 2.79. The zero-order valence-electron chi connectivity index (χ0n) is 11.2. The molecule has 0 saturated carbocycles. The molecule has 1 N–H and O–H groups in total. The van der Waals surface area contributed by atoms with E-state index in [0.29, 0.717) is 24.4 Å². The Balaban J connectivity index is 2.30. The zero-order valence-corrected chi connectivity index (χ0v) is 11.2. The number of fused-ring (bicyclic) bond motifs is 1. The molecule has 0 atom stereocenters. The second kappa shape index (κ2) is 5.73. The predicted octanol–water partition coefficient (Wildman–Crippen LogP) is 2.17. The third kappa shape index (κ3) is 2.86. The number of hydrogen-bond donors (Lipinski definition) is 1. The Labute approximate surface area is 112 Å². The molecule has 1 aliphatic rings. The first-order valence-electron chi connectivity index (χ1n) is 6.52. The van der Waals surface area contributed by atoms with E-state index in [4.69, 9.17) is 4.74 Å². The smallest absolute Gasteiger partial charge is 0.265 e. The van der Waals surface area contributed by atoms with Gasteiger partial charge < -0.3 is 15.0 Å². The molecule has 0 spiro atoms. The van der Waals surface area contributed by atoms with E-state index < -0.39 is 0 Å². The molecule has 19 heavy (non-hydrogen) atoms. The summed E-state index contributed by atoms with van der Waals surface area (Å²) < 4.78 is 5.39. The lowest BCUT2D eigenvalue weighted by Crippen LogP contribution is -2.39. The number of nitrogens with one attached hydrogen (secondary N) is 1. The normalized spacial score (nSPS) is 13.8. The molecule has 2 rings (SSSR count). The van der Waals surface area contributed by atoms with Crippen LogP contribution in [-0.4, -0.2) is 25.0 Å². The SMILES string of the molecule is CCCN1C(=O)COc2ccc(NC(=O)CC)cc21. The van der Waals surface area contributed by atoms with Gasteiger partial charge in [0.05, 0.1) is 5.69 Å². The molecule has 0 aliphatic carbocycles. The molecular formula is C14H18N2O3. The standard InChI is InChI=1S/C14H18N2O3/c1-3-7-16-11-8-10(15-13(17)4-2)5-6-12(11)19-9-14(16)18/h5-6,8H,3-4,7,9H2,1-2H3,(H,15,17). The maximum atomic E-state index is 11.9. The Kier molecular flexibility index (Phi) is 4.04. The minimum atomic E-state index is -0.0509. The van der Waals surface area contributed by atoms with E-state index >= 15 is 0 Å². The van der Waals surface area contributed by atoms with Gasteiger partial charge in [0.25, 0.3) is 5.91 Å². The molecule has 1 aliphatic heterocycles. The summed E-state index contributed by atoms with van der Waals surface area (Å²) in [4.78, 5) is 25.0. The van der Waals surface area contributed by atoms with Gasteiger partial charge >= 0.3 is 0 Å². The number of rotatable bonds is 4. The van der Waals surface area contributed by atoms with Crippen molar-refractivity contribution in [2.75, 3.05) is 23.4 Å². The van der Waals surface area contributed by atoms with Crippen molar-refractivity contribution in [1.29, 1.82) is 0 Å². The summed E-state index contributed by atoms with van der Waals surface area (Å²) in [5.74, 6) is 0.584. The van der Waals surface area contributed by atoms with Gasteiger partial charge in [-0.2, -0.15) is 0 Å². The highest BCUT2D eigenvalue weighted by Crippen LogP contribution is 2.34. The van der Waals surface area contributed by atoms with Gasteiger partial charge in [0.2, 0.25) is 5.91 Å². The average Bonchev–Trinajstić information content (AvgIpc) is 2.42. The van der Waals surface area contributed by atoms with Gasteiger partial charge in [-0.15, -0.1) is 0 Å². The van der Waals surface area contributed by atoms with Crippen molar-refractivity contribution in [1.82, 2.24) is 0 Å². The largest absolute Gasteiger partial charge is 0.482 e. The quantitative estimate of drug-likeness (QED) is 0.904. The summed E-state index contributed by atoms with van der Waals surface area (Å²) in [7, 11) is 0. The summed E-state index contributed by atoms with van der Waals surface area (Å²) in [5.41, 5.74) is 1.41. The van der Waals surface area contributed by atoms with Crippen LogP contribution in [0.15, 0.2) is 18.2 Å². The Morgan fingerprint density at radius 2 is 2.21 bits per heavy atom. The lowest BCUT2D eigenvalue weighted by atomic mass is 10.2. The van der Waals surface area contributed by atoms with Crippen molar-refractivity contribution in [2.24, 2.45) is 0 Å². The minimum absolute atomic E-state index is 0.0479. The van der Waals surface area contributed by atoms with Crippen LogP contribution in [0.3, 0.4) is 0 Å². The molecule has 0 saturated heterocycles. The number of ether oxygens (including phenoxy) is 1. The number of amides is 2. The molecule has 1 aromatic rings. The molecule has 0 aromatic heterocycles. The maximum absolute atomic E-state index is 11.9. The molecule has 5 nitrogen and oxygen atoms in total. The fourth-order valence-corrected chi connectivity index (χ4v) is 2.00. The van der Waals surface area contributed by atoms with Crippen LogP contribution in [0.4, 0.5) is 11.4 Å². The molecular weight excluding hydrogens is 244 g/mol. The number of hydrogen-bond acceptors (Lipinski definition) is 3. The first kappa shape index (κ1) is 13.4. The van der Waals surface area contributed by atoms with Crippen molar-refractivity contribution in [2.45, 2.75) is 26.7 Å². The highest BCUT2D eigenvalue weighted by atomic mass is 16.5. The van der Waals surface area contributed by atoms with Crippen LogP contribution in [-0.2, 0) is 9.59 Å². The Bertz CT molecular complexity index is 499. The van der Waals surface area contributed by atoms with Gasteiger partial charge in [0.1, 0.15) is 5.75 Å². The average molecular weight is 262 g/mol. The lowest BCUT2D eigenvalue weighted by molar-refractivity contribution is -0.121. The van der Waals surface area contributed by atoms with Crippen molar-refractivity contribution in [3.63, 3.8) is 0 Å². The Morgan fingerprint density at radius 3 is 2.89 bits per heavy atom. The first-order chi connectivity index (χ1) is 9.15. The molecule has 0 fully saturated rings. The molecule has 0 radical (unpaired) electrons. The predicted molar refractivity (Wildman–Crippen MR) is 73.5 cm³/mol. The van der Waals surface area contributed by atoms with Gasteiger partial charge in [-0.05, 0) is 24.6 Å². The van der Waals surface area contributed by atoms with E-state index in [1.54, 1.807) is 30.0 Å². The van der Waals surface area contributed by atoms with Crippen LogP contribution in [0.1, 0.15) is 26.7 Å². The van der Waals surface area contributed by atoms with Crippen LogP contribution < -0.4 is 15.0 Å². The van der Waals surface area contributed by atoms with Gasteiger partial charge in [-0.3, -0.25) is 9.59 Å². The molecule has 0 unspecified atom stereocenters. The second-order valence-corrected chi connectivity index (χ2v) is 4.42. The number of benzene rings is 1. The van der Waals surface area contributed by atoms with Gasteiger partial charge in [-0.1, -0.05) is 13.8 Å². The fourth-order valence-electron chi connectivity index (χ4n) is 2.00. The van der Waals surface area contributed by atoms with Gasteiger partial charge in [0, 0.05) is 18.7 Å². The van der Waals surface area contributed by atoms with Crippen molar-refractivity contribution in [3.8, 4) is 5.75 Å². The molecule has 102 valence electrons. The molecule has 5 heteroatoms. The summed E-state index contributed by atoms with van der Waals surface area (Å²) >= 11 is 0. The van der Waals surface area contributed by atoms with Crippen molar-refractivity contribution >= 4 is 23.2 Å². The topological polar surface area (TPSA) is 58.6 Å². The highest BCUT2D eigenvalue weighted by Gasteiger charge is 2.25. The van der Waals surface area contributed by atoms with E-state index in [1.165, 1.54) is 0 Å². The lowest BCUT2D eigenvalue weighted by Gasteiger charge is -2.29. The first-order valence-corrected chi connectivity index (χ1v) is 6.52. The van der Waals surface area contributed by atoms with E-state index in [9.17, 15) is 9.59 Å². The van der Waals surface area contributed by atoms with E-state index in [0.717, 1.165) is 12.1 Å². The van der Waals surface area contributed by atoms with E-state index in [1.807, 2.05) is 6.92 Å². The van der Waals surface area contributed by atoms with Crippen LogP contribution in [0.5, 0.6) is 5.75 Å². The van der Waals surface area contributed by atoms with Crippen molar-refractivity contribution in [3.05, 3.63) is 18.2 Å². The monoisotopic (exact) mass is 262 g/mol. The van der Waals surface area contributed by atoms with E-state index in [-0.39, 0.29) is 18.4 Å². The maximum Gasteiger partial charge on any atom is 0.265 e. The third-order valence-corrected chi connectivity index (χ3v) is 2.95. The van der Waals surface area contributed by atoms with Gasteiger partial charge in [0.15, 0.2) is 6.61 Å². The number of anilines is 2. The second-order valence-electron chi connectivity index (χ2n) is 4.42. The van der Waals surface area contributed by atoms with Gasteiger partial charge in [-0.25, -0.2) is 0 Å². The zero-order chi connectivity index (χ0) is 13.8. The minimum Gasteiger partial charge on any atom is -0.482 e. The summed E-state index contributed by atoms with van der Waals surface area (Å²) in [6.45, 7) is 4.54. The van der Waals surface area contributed by atoms with E-state index in [2.05, 4.69) is 5.32 Å². The van der Waals surface area contributed by atoms with Crippen LogP contribution in [0.25, 0.3) is 0 Å². The summed E-state index contributed by atoms with van der Waals surface area (Å²) in [6, 6.07) is 5.36. The van der Waals surface area contributed by atoms with Crippen LogP contribution in [0.2, 0.25) is 0 Å². The number of nitrogens with zero attached hydrogens (tertiary/aromatic N) is 1. The number of carbonyl (C=O) groups is 2. The number of carbonyl (C=O) groups excluding carboxylic acids is 2. The Hall–Kier alpha value is -2.04. The van der Waals surface area contributed by atoms with Crippen LogP contribution >= 0.6 is 0 Å². The molecule has 1 aromatic carbocycles. The third-order valence-electron chi connectivity index (χ3n) is 2.95. The Morgan fingerprint density at radius 1 is 1.42 bits per heavy atom. The molecule has 1 heterocycles.